The third-order valence-corrected chi connectivity index (χ3v) is 3.52. The van der Waals surface area contributed by atoms with E-state index in [0.717, 1.165) is 5.56 Å². The third kappa shape index (κ3) is 2.17. The van der Waals surface area contributed by atoms with Crippen LogP contribution < -0.4 is 0 Å². The summed E-state index contributed by atoms with van der Waals surface area (Å²) < 4.78 is 14.6. The lowest BCUT2D eigenvalue weighted by molar-refractivity contribution is 0.0700. The van der Waals surface area contributed by atoms with E-state index in [1.165, 1.54) is 6.07 Å². The topological polar surface area (TPSA) is 48.9 Å². The summed E-state index contributed by atoms with van der Waals surface area (Å²) in [5.41, 5.74) is 0.772. The Bertz CT molecular complexity index is 599. The molecule has 2 aromatic rings. The van der Waals surface area contributed by atoms with Crippen LogP contribution in [0.1, 0.15) is 45.0 Å². The van der Waals surface area contributed by atoms with Gasteiger partial charge in [-0.25, -0.2) is 9.37 Å². The van der Waals surface area contributed by atoms with Crippen LogP contribution in [0.5, 0.6) is 0 Å². The number of aromatic nitrogens is 2. The normalized spacial score (nSPS) is 12.7. The fraction of sp³-hybridized carbons (Fsp3) is 0.462. The standard InChI is InChI=1S/C13H16BrFN2O/c1-6(2)9-7(14)5-8(15)10-11(9)17-12(16-10)13(3,4)18/h5-6,18H,1-4H3,(H,16,17). The van der Waals surface area contributed by atoms with Gasteiger partial charge >= 0.3 is 0 Å². The Morgan fingerprint density at radius 1 is 1.44 bits per heavy atom. The lowest BCUT2D eigenvalue weighted by atomic mass is 10.0. The highest BCUT2D eigenvalue weighted by Crippen LogP contribution is 2.34. The summed E-state index contributed by atoms with van der Waals surface area (Å²) >= 11 is 3.38. The Hall–Kier alpha value is -0.940. The predicted octanol–water partition coefficient (Wildman–Crippen LogP) is 3.82. The zero-order valence-corrected chi connectivity index (χ0v) is 12.4. The van der Waals surface area contributed by atoms with Crippen LogP contribution in [0.2, 0.25) is 0 Å². The highest BCUT2D eigenvalue weighted by atomic mass is 79.9. The zero-order chi connectivity index (χ0) is 13.7. The second-order valence-corrected chi connectivity index (χ2v) is 6.13. The summed E-state index contributed by atoms with van der Waals surface area (Å²) in [6.07, 6.45) is 0. The summed E-state index contributed by atoms with van der Waals surface area (Å²) in [6, 6.07) is 1.42. The molecule has 2 rings (SSSR count). The molecule has 0 radical (unpaired) electrons. The number of halogens is 2. The van der Waals surface area contributed by atoms with Crippen molar-refractivity contribution in [1.82, 2.24) is 9.97 Å². The monoisotopic (exact) mass is 314 g/mol. The van der Waals surface area contributed by atoms with E-state index in [1.807, 2.05) is 13.8 Å². The fourth-order valence-corrected chi connectivity index (χ4v) is 2.83. The number of nitrogens with zero attached hydrogens (tertiary/aromatic N) is 1. The lowest BCUT2D eigenvalue weighted by Crippen LogP contribution is -2.17. The van der Waals surface area contributed by atoms with Crippen LogP contribution in [0.3, 0.4) is 0 Å². The molecule has 3 nitrogen and oxygen atoms in total. The lowest BCUT2D eigenvalue weighted by Gasteiger charge is -2.13. The van der Waals surface area contributed by atoms with Crippen molar-refractivity contribution in [2.75, 3.05) is 0 Å². The number of hydrogen-bond acceptors (Lipinski definition) is 2. The predicted molar refractivity (Wildman–Crippen MR) is 73.1 cm³/mol. The van der Waals surface area contributed by atoms with Crippen LogP contribution >= 0.6 is 15.9 Å². The van der Waals surface area contributed by atoms with E-state index in [4.69, 9.17) is 0 Å². The molecule has 1 aromatic heterocycles. The Balaban J connectivity index is 2.82. The molecule has 0 aliphatic carbocycles. The summed E-state index contributed by atoms with van der Waals surface area (Å²) in [7, 11) is 0. The molecule has 98 valence electrons. The molecule has 0 saturated carbocycles. The fourth-order valence-electron chi connectivity index (χ4n) is 1.97. The van der Waals surface area contributed by atoms with E-state index < -0.39 is 11.4 Å². The average Bonchev–Trinajstić information content (AvgIpc) is 2.60. The number of rotatable bonds is 2. The second-order valence-electron chi connectivity index (χ2n) is 5.28. The van der Waals surface area contributed by atoms with E-state index in [9.17, 15) is 9.50 Å². The number of aliphatic hydroxyl groups is 1. The molecule has 0 fully saturated rings. The Kier molecular flexibility index (Phi) is 3.23. The minimum Gasteiger partial charge on any atom is -0.383 e. The van der Waals surface area contributed by atoms with Crippen molar-refractivity contribution in [1.29, 1.82) is 0 Å². The van der Waals surface area contributed by atoms with Crippen LogP contribution in [0.4, 0.5) is 4.39 Å². The third-order valence-electron chi connectivity index (χ3n) is 2.87. The van der Waals surface area contributed by atoms with E-state index in [0.29, 0.717) is 15.8 Å². The highest BCUT2D eigenvalue weighted by molar-refractivity contribution is 9.10. The maximum atomic E-state index is 13.9. The van der Waals surface area contributed by atoms with Crippen molar-refractivity contribution in [2.24, 2.45) is 0 Å². The van der Waals surface area contributed by atoms with Crippen molar-refractivity contribution < 1.29 is 9.50 Å². The van der Waals surface area contributed by atoms with Crippen molar-refractivity contribution >= 4 is 27.0 Å². The Morgan fingerprint density at radius 3 is 2.56 bits per heavy atom. The number of aromatic amines is 1. The van der Waals surface area contributed by atoms with Gasteiger partial charge in [-0.05, 0) is 31.4 Å². The number of benzene rings is 1. The molecule has 0 atom stereocenters. The largest absolute Gasteiger partial charge is 0.383 e. The van der Waals surface area contributed by atoms with Crippen molar-refractivity contribution in [3.63, 3.8) is 0 Å². The van der Waals surface area contributed by atoms with Gasteiger partial charge in [-0.2, -0.15) is 0 Å². The summed E-state index contributed by atoms with van der Waals surface area (Å²) in [5.74, 6) is 0.196. The van der Waals surface area contributed by atoms with Gasteiger partial charge in [-0.1, -0.05) is 29.8 Å². The van der Waals surface area contributed by atoms with Crippen LogP contribution in [0.15, 0.2) is 10.5 Å². The minimum atomic E-state index is -1.12. The molecule has 1 heterocycles. The first-order chi connectivity index (χ1) is 8.21. The minimum absolute atomic E-state index is 0.220. The molecule has 5 heteroatoms. The van der Waals surface area contributed by atoms with Crippen LogP contribution in [-0.4, -0.2) is 15.1 Å². The van der Waals surface area contributed by atoms with Gasteiger partial charge < -0.3 is 10.1 Å². The first-order valence-electron chi connectivity index (χ1n) is 5.82. The number of imidazole rings is 1. The van der Waals surface area contributed by atoms with Gasteiger partial charge in [0.1, 0.15) is 16.9 Å². The molecule has 0 aliphatic rings. The first kappa shape index (κ1) is 13.5. The molecule has 0 aliphatic heterocycles. The van der Waals surface area contributed by atoms with E-state index in [2.05, 4.69) is 25.9 Å². The van der Waals surface area contributed by atoms with Crippen molar-refractivity contribution in [3.05, 3.63) is 27.7 Å². The van der Waals surface area contributed by atoms with Crippen LogP contribution in [0.25, 0.3) is 11.0 Å². The van der Waals surface area contributed by atoms with Crippen molar-refractivity contribution in [2.45, 2.75) is 39.2 Å². The molecule has 0 unspecified atom stereocenters. The molecule has 1 aromatic carbocycles. The number of nitrogens with one attached hydrogen (secondary N) is 1. The van der Waals surface area contributed by atoms with Gasteiger partial charge in [0.2, 0.25) is 0 Å². The molecule has 0 bridgehead atoms. The van der Waals surface area contributed by atoms with E-state index in [1.54, 1.807) is 13.8 Å². The highest BCUT2D eigenvalue weighted by Gasteiger charge is 2.24. The van der Waals surface area contributed by atoms with Gasteiger partial charge in [-0.15, -0.1) is 0 Å². The molecule has 0 spiro atoms. The Morgan fingerprint density at radius 2 is 2.06 bits per heavy atom. The molecule has 0 amide bonds. The zero-order valence-electron chi connectivity index (χ0n) is 10.8. The smallest absolute Gasteiger partial charge is 0.152 e. The number of H-pyrrole nitrogens is 1. The summed E-state index contributed by atoms with van der Waals surface area (Å²) in [6.45, 7) is 7.30. The molecular weight excluding hydrogens is 299 g/mol. The second kappa shape index (κ2) is 4.31. The van der Waals surface area contributed by atoms with Gasteiger partial charge in [0.25, 0.3) is 0 Å². The maximum absolute atomic E-state index is 13.9. The maximum Gasteiger partial charge on any atom is 0.152 e. The average molecular weight is 315 g/mol. The van der Waals surface area contributed by atoms with E-state index >= 15 is 0 Å². The SMILES string of the molecule is CC(C)c1c(Br)cc(F)c2nc(C(C)(C)O)[nH]c12. The van der Waals surface area contributed by atoms with Gasteiger partial charge in [-0.3, -0.25) is 0 Å². The van der Waals surface area contributed by atoms with Crippen LogP contribution in [-0.2, 0) is 5.60 Å². The Labute approximate surface area is 114 Å². The quantitative estimate of drug-likeness (QED) is 0.885. The number of hydrogen-bond donors (Lipinski definition) is 2. The van der Waals surface area contributed by atoms with Gasteiger partial charge in [0.05, 0.1) is 5.52 Å². The van der Waals surface area contributed by atoms with E-state index in [-0.39, 0.29) is 11.4 Å². The molecule has 18 heavy (non-hydrogen) atoms. The van der Waals surface area contributed by atoms with Gasteiger partial charge in [0.15, 0.2) is 5.82 Å². The van der Waals surface area contributed by atoms with Gasteiger partial charge in [0, 0.05) is 4.47 Å². The first-order valence-corrected chi connectivity index (χ1v) is 6.61. The number of fused-ring (bicyclic) bond motifs is 1. The summed E-state index contributed by atoms with van der Waals surface area (Å²) in [5, 5.41) is 9.95. The van der Waals surface area contributed by atoms with Crippen LogP contribution in [0, 0.1) is 5.82 Å². The summed E-state index contributed by atoms with van der Waals surface area (Å²) in [4.78, 5) is 7.20. The molecular formula is C13H16BrFN2O. The molecule has 0 saturated heterocycles. The molecule has 2 N–H and O–H groups in total. The van der Waals surface area contributed by atoms with Crippen molar-refractivity contribution in [3.8, 4) is 0 Å².